The maximum Gasteiger partial charge on any atom is 0.269 e. The molecule has 36 heavy (non-hydrogen) atoms. The number of pyridine rings is 1. The van der Waals surface area contributed by atoms with Crippen LogP contribution >= 0.6 is 0 Å². The molecule has 1 aliphatic heterocycles. The zero-order chi connectivity index (χ0) is 25.3. The normalized spacial score (nSPS) is 17.4. The molecule has 4 aromatic rings. The maximum atomic E-state index is 13.9. The Morgan fingerprint density at radius 2 is 1.69 bits per heavy atom. The number of nitrogens with zero attached hydrogens (tertiary/aromatic N) is 2. The molecular formula is C27H26N2O5S2. The summed E-state index contributed by atoms with van der Waals surface area (Å²) in [6, 6.07) is 20.1. The van der Waals surface area contributed by atoms with E-state index in [2.05, 4.69) is 4.98 Å². The van der Waals surface area contributed by atoms with Crippen LogP contribution in [0.4, 0.5) is 0 Å². The molecule has 0 bridgehead atoms. The second kappa shape index (κ2) is 9.65. The Hall–Kier alpha value is -3.27. The van der Waals surface area contributed by atoms with Crippen LogP contribution in [0.2, 0.25) is 0 Å². The fourth-order valence-corrected chi connectivity index (χ4v) is 6.57. The molecule has 3 heterocycles. The minimum atomic E-state index is -4.00. The smallest absolute Gasteiger partial charge is 0.269 e. The number of sulfone groups is 1. The number of ether oxygens (including phenoxy) is 1. The summed E-state index contributed by atoms with van der Waals surface area (Å²) < 4.78 is 59.2. The van der Waals surface area contributed by atoms with Gasteiger partial charge in [-0.25, -0.2) is 25.8 Å². The van der Waals surface area contributed by atoms with E-state index in [1.165, 1.54) is 16.1 Å². The molecule has 0 saturated carbocycles. The molecule has 7 nitrogen and oxygen atoms in total. The van der Waals surface area contributed by atoms with E-state index in [-0.39, 0.29) is 15.9 Å². The molecule has 0 N–H and O–H groups in total. The van der Waals surface area contributed by atoms with Gasteiger partial charge >= 0.3 is 0 Å². The highest BCUT2D eigenvalue weighted by molar-refractivity contribution is 7.90. The Morgan fingerprint density at radius 1 is 0.944 bits per heavy atom. The molecule has 0 amide bonds. The van der Waals surface area contributed by atoms with Crippen molar-refractivity contribution in [3.8, 4) is 0 Å². The van der Waals surface area contributed by atoms with E-state index in [0.29, 0.717) is 34.5 Å². The third-order valence-electron chi connectivity index (χ3n) is 6.24. The zero-order valence-corrected chi connectivity index (χ0v) is 21.4. The van der Waals surface area contributed by atoms with Crippen molar-refractivity contribution in [2.24, 2.45) is 0 Å². The van der Waals surface area contributed by atoms with Crippen LogP contribution in [-0.2, 0) is 24.6 Å². The van der Waals surface area contributed by atoms with Crippen molar-refractivity contribution in [2.45, 2.75) is 35.2 Å². The molecule has 0 radical (unpaired) electrons. The van der Waals surface area contributed by atoms with Crippen LogP contribution in [-0.4, -0.2) is 44.8 Å². The number of benzene rings is 2. The van der Waals surface area contributed by atoms with Crippen LogP contribution in [0, 0.1) is 0 Å². The van der Waals surface area contributed by atoms with Crippen LogP contribution in [0.1, 0.15) is 30.5 Å². The van der Waals surface area contributed by atoms with Gasteiger partial charge in [0.1, 0.15) is 0 Å². The Kier molecular flexibility index (Phi) is 6.55. The van der Waals surface area contributed by atoms with Gasteiger partial charge < -0.3 is 4.74 Å². The maximum absolute atomic E-state index is 13.9. The summed E-state index contributed by atoms with van der Waals surface area (Å²) in [4.78, 5) is 4.75. The van der Waals surface area contributed by atoms with Crippen molar-refractivity contribution in [2.75, 3.05) is 12.9 Å². The number of rotatable bonds is 6. The largest absolute Gasteiger partial charge is 0.374 e. The Morgan fingerprint density at radius 3 is 2.36 bits per heavy atom. The van der Waals surface area contributed by atoms with E-state index in [4.69, 9.17) is 4.74 Å². The lowest BCUT2D eigenvalue weighted by Gasteiger charge is -2.22. The van der Waals surface area contributed by atoms with Crippen molar-refractivity contribution in [3.05, 3.63) is 96.3 Å². The summed E-state index contributed by atoms with van der Waals surface area (Å²) in [7, 11) is -7.38. The van der Waals surface area contributed by atoms with Gasteiger partial charge in [-0.15, -0.1) is 0 Å². The molecular weight excluding hydrogens is 496 g/mol. The van der Waals surface area contributed by atoms with Crippen LogP contribution in [0.15, 0.2) is 94.9 Å². The fraction of sp³-hybridized carbons (Fsp3) is 0.222. The predicted octanol–water partition coefficient (Wildman–Crippen LogP) is 4.68. The highest BCUT2D eigenvalue weighted by Crippen LogP contribution is 2.34. The predicted molar refractivity (Wildman–Crippen MR) is 139 cm³/mol. The second-order valence-corrected chi connectivity index (χ2v) is 12.6. The second-order valence-electron chi connectivity index (χ2n) is 8.81. The summed E-state index contributed by atoms with van der Waals surface area (Å²) in [5.74, 6) is 0. The Bertz CT molecular complexity index is 1630. The molecule has 0 spiro atoms. The lowest BCUT2D eigenvalue weighted by molar-refractivity contribution is 0.0469. The van der Waals surface area contributed by atoms with Gasteiger partial charge in [0, 0.05) is 30.0 Å². The number of hydrogen-bond donors (Lipinski definition) is 0. The fourth-order valence-electron chi connectivity index (χ4n) is 4.43. The van der Waals surface area contributed by atoms with Crippen LogP contribution < -0.4 is 0 Å². The van der Waals surface area contributed by atoms with Crippen molar-refractivity contribution in [1.29, 1.82) is 0 Å². The topological polar surface area (TPSA) is 95.3 Å². The van der Waals surface area contributed by atoms with Gasteiger partial charge in [-0.1, -0.05) is 30.3 Å². The summed E-state index contributed by atoms with van der Waals surface area (Å²) in [5.41, 5.74) is 2.08. The van der Waals surface area contributed by atoms with E-state index in [9.17, 15) is 16.8 Å². The van der Waals surface area contributed by atoms with Gasteiger partial charge in [-0.2, -0.15) is 0 Å². The SMILES string of the molecule is CS(=O)(=O)c1ccc(C(=CC2CCCCO2)c2cc3cccnc3n2S(=O)(=O)c2ccccc2)cc1. The first-order valence-corrected chi connectivity index (χ1v) is 15.0. The highest BCUT2D eigenvalue weighted by Gasteiger charge is 2.27. The lowest BCUT2D eigenvalue weighted by atomic mass is 9.98. The molecule has 1 fully saturated rings. The first-order chi connectivity index (χ1) is 17.2. The lowest BCUT2D eigenvalue weighted by Crippen LogP contribution is -2.19. The van der Waals surface area contributed by atoms with Crippen molar-refractivity contribution in [1.82, 2.24) is 8.96 Å². The van der Waals surface area contributed by atoms with E-state index in [0.717, 1.165) is 25.5 Å². The summed E-state index contributed by atoms with van der Waals surface area (Å²) in [6.07, 6.45) is 7.28. The van der Waals surface area contributed by atoms with Gasteiger partial charge in [0.25, 0.3) is 10.0 Å². The van der Waals surface area contributed by atoms with Gasteiger partial charge in [0.2, 0.25) is 0 Å². The zero-order valence-electron chi connectivity index (χ0n) is 19.7. The minimum absolute atomic E-state index is 0.148. The standard InChI is InChI=1S/C27H26N2O5S2/c1-35(30,31)23-14-12-20(13-15-23)25(19-22-9-5-6-17-34-22)26-18-21-8-7-16-28-27(21)29(26)36(32,33)24-10-3-2-4-11-24/h2-4,7-8,10-16,18-19,22H,5-6,9,17H2,1H3. The molecule has 9 heteroatoms. The Balaban J connectivity index is 1.77. The summed E-state index contributed by atoms with van der Waals surface area (Å²) in [6.45, 7) is 0.633. The average molecular weight is 523 g/mol. The average Bonchev–Trinajstić information content (AvgIpc) is 3.28. The number of fused-ring (bicyclic) bond motifs is 1. The van der Waals surface area contributed by atoms with Crippen LogP contribution in [0.5, 0.6) is 0 Å². The number of aromatic nitrogens is 2. The van der Waals surface area contributed by atoms with Crippen LogP contribution in [0.3, 0.4) is 0 Å². The Labute approximate surface area is 211 Å². The third kappa shape index (κ3) is 4.74. The highest BCUT2D eigenvalue weighted by atomic mass is 32.2. The molecule has 2 aromatic carbocycles. The first-order valence-electron chi connectivity index (χ1n) is 11.7. The minimum Gasteiger partial charge on any atom is -0.374 e. The van der Waals surface area contributed by atoms with Crippen molar-refractivity contribution >= 4 is 36.5 Å². The molecule has 1 saturated heterocycles. The molecule has 0 aliphatic carbocycles. The first kappa shape index (κ1) is 24.4. The summed E-state index contributed by atoms with van der Waals surface area (Å²) >= 11 is 0. The molecule has 1 aliphatic rings. The van der Waals surface area contributed by atoms with Gasteiger partial charge in [-0.3, -0.25) is 0 Å². The van der Waals surface area contributed by atoms with Crippen molar-refractivity contribution in [3.63, 3.8) is 0 Å². The van der Waals surface area contributed by atoms with Gasteiger partial charge in [0.05, 0.1) is 21.6 Å². The third-order valence-corrected chi connectivity index (χ3v) is 9.09. The van der Waals surface area contributed by atoms with Gasteiger partial charge in [0.15, 0.2) is 15.5 Å². The van der Waals surface area contributed by atoms with E-state index >= 15 is 0 Å². The monoisotopic (exact) mass is 522 g/mol. The molecule has 2 aromatic heterocycles. The summed E-state index contributed by atoms with van der Waals surface area (Å²) in [5, 5.41) is 0.676. The van der Waals surface area contributed by atoms with Crippen LogP contribution in [0.25, 0.3) is 16.6 Å². The van der Waals surface area contributed by atoms with E-state index in [1.807, 2.05) is 18.2 Å². The molecule has 1 unspecified atom stereocenters. The molecule has 1 atom stereocenters. The van der Waals surface area contributed by atoms with E-state index in [1.54, 1.807) is 54.7 Å². The quantitative estimate of drug-likeness (QED) is 0.365. The van der Waals surface area contributed by atoms with Gasteiger partial charge in [-0.05, 0) is 73.4 Å². The van der Waals surface area contributed by atoms with Crippen molar-refractivity contribution < 1.29 is 21.6 Å². The number of hydrogen-bond acceptors (Lipinski definition) is 6. The molecule has 186 valence electrons. The van der Waals surface area contributed by atoms with E-state index < -0.39 is 19.9 Å². The molecule has 5 rings (SSSR count).